The van der Waals surface area contributed by atoms with Gasteiger partial charge in [0.2, 0.25) is 0 Å². The fourth-order valence-electron chi connectivity index (χ4n) is 1.98. The zero-order valence-corrected chi connectivity index (χ0v) is 8.77. The Bertz CT molecular complexity index is 162. The normalized spacial score (nSPS) is 33.8. The van der Waals surface area contributed by atoms with Crippen molar-refractivity contribution in [3.8, 4) is 0 Å². The Morgan fingerprint density at radius 3 is 2.75 bits per heavy atom. The Labute approximate surface area is 77.7 Å². The van der Waals surface area contributed by atoms with Gasteiger partial charge >= 0.3 is 77.0 Å². The van der Waals surface area contributed by atoms with Crippen LogP contribution in [0, 0.1) is 5.92 Å². The van der Waals surface area contributed by atoms with Crippen molar-refractivity contribution in [1.29, 1.82) is 0 Å². The molecule has 1 rings (SSSR count). The second-order valence-electron chi connectivity index (χ2n) is 4.39. The van der Waals surface area contributed by atoms with Crippen molar-refractivity contribution < 1.29 is 0 Å². The van der Waals surface area contributed by atoms with Crippen molar-refractivity contribution in [2.75, 3.05) is 0 Å². The average molecular weight is 164 g/mol. The van der Waals surface area contributed by atoms with E-state index in [-0.39, 0.29) is 0 Å². The molecule has 12 heavy (non-hydrogen) atoms. The summed E-state index contributed by atoms with van der Waals surface area (Å²) in [6.07, 6.45) is 6.75. The predicted octanol–water partition coefficient (Wildman–Crippen LogP) is 3.29. The summed E-state index contributed by atoms with van der Waals surface area (Å²) in [5.41, 5.74) is 0. The van der Waals surface area contributed by atoms with Gasteiger partial charge in [-0.25, -0.2) is 0 Å². The van der Waals surface area contributed by atoms with E-state index in [0.29, 0.717) is 5.31 Å². The molecule has 0 amide bonds. The monoisotopic (exact) mass is 164 g/mol. The molecule has 1 aliphatic rings. The average Bonchev–Trinajstić information content (AvgIpc) is 2.64. The van der Waals surface area contributed by atoms with Crippen LogP contribution in [0.25, 0.3) is 0 Å². The molecule has 0 aliphatic heterocycles. The van der Waals surface area contributed by atoms with E-state index in [4.69, 9.17) is 0 Å². The van der Waals surface area contributed by atoms with Crippen molar-refractivity contribution >= 4 is 12.9 Å². The second-order valence-corrected chi connectivity index (χ2v) is 4.39. The molecule has 1 aliphatic carbocycles. The molecule has 0 aromatic carbocycles. The molecule has 0 N–H and O–H groups in total. The van der Waals surface area contributed by atoms with Crippen LogP contribution in [0.15, 0.2) is 0 Å². The van der Waals surface area contributed by atoms with E-state index in [1.165, 1.54) is 32.1 Å². The summed E-state index contributed by atoms with van der Waals surface area (Å²) in [5.74, 6) is 3.37. The van der Waals surface area contributed by atoms with Gasteiger partial charge in [0.1, 0.15) is 0 Å². The van der Waals surface area contributed by atoms with Crippen LogP contribution in [0.4, 0.5) is 0 Å². The van der Waals surface area contributed by atoms with Crippen molar-refractivity contribution in [3.63, 3.8) is 0 Å². The van der Waals surface area contributed by atoms with Gasteiger partial charge in [0.15, 0.2) is 0 Å². The van der Waals surface area contributed by atoms with Gasteiger partial charge in [0, 0.05) is 0 Å². The van der Waals surface area contributed by atoms with Crippen molar-refractivity contribution in [2.24, 2.45) is 5.92 Å². The molecule has 0 spiro atoms. The van der Waals surface area contributed by atoms with Gasteiger partial charge in [-0.3, -0.25) is 0 Å². The summed E-state index contributed by atoms with van der Waals surface area (Å²) < 4.78 is 0. The SMILES string of the molecule is CCCC=BC1(C)CC1CCC. The molecular weight excluding hydrogens is 143 g/mol. The first kappa shape index (κ1) is 10.0. The Morgan fingerprint density at radius 1 is 1.42 bits per heavy atom. The third-order valence-corrected chi connectivity index (χ3v) is 3.05. The third kappa shape index (κ3) is 2.47. The standard InChI is InChI=1S/C11H21B/c1-4-6-8-12-11(3)9-10(11)7-5-2/h8,10H,4-7,9H2,1-3H3. The van der Waals surface area contributed by atoms with E-state index < -0.39 is 0 Å². The van der Waals surface area contributed by atoms with Gasteiger partial charge in [-0.1, -0.05) is 0 Å². The van der Waals surface area contributed by atoms with E-state index >= 15 is 0 Å². The molecule has 0 radical (unpaired) electrons. The van der Waals surface area contributed by atoms with Crippen LogP contribution in [-0.4, -0.2) is 12.9 Å². The third-order valence-electron chi connectivity index (χ3n) is 3.05. The summed E-state index contributed by atoms with van der Waals surface area (Å²) in [7, 11) is 0. The van der Waals surface area contributed by atoms with Crippen molar-refractivity contribution in [2.45, 2.75) is 58.2 Å². The van der Waals surface area contributed by atoms with Crippen LogP contribution in [0.1, 0.15) is 52.9 Å². The quantitative estimate of drug-likeness (QED) is 0.547. The minimum absolute atomic E-state index is 0.588. The summed E-state index contributed by atoms with van der Waals surface area (Å²) in [4.78, 5) is 0. The molecule has 2 atom stereocenters. The van der Waals surface area contributed by atoms with E-state index in [0.717, 1.165) is 5.92 Å². The van der Waals surface area contributed by atoms with Crippen molar-refractivity contribution in [3.05, 3.63) is 0 Å². The Kier molecular flexibility index (Phi) is 3.55. The zero-order chi connectivity index (χ0) is 9.03. The molecule has 0 aromatic heterocycles. The summed E-state index contributed by atoms with van der Waals surface area (Å²) in [6, 6.07) is 0. The molecule has 1 heteroatoms. The maximum atomic E-state index is 2.46. The van der Waals surface area contributed by atoms with Crippen LogP contribution in [0.5, 0.6) is 0 Å². The van der Waals surface area contributed by atoms with Gasteiger partial charge in [-0.15, -0.1) is 0 Å². The first-order valence-corrected chi connectivity index (χ1v) is 5.40. The van der Waals surface area contributed by atoms with Gasteiger partial charge in [-0.2, -0.15) is 0 Å². The Balaban J connectivity index is 2.24. The van der Waals surface area contributed by atoms with Gasteiger partial charge in [0.25, 0.3) is 0 Å². The van der Waals surface area contributed by atoms with Crippen molar-refractivity contribution in [1.82, 2.24) is 0 Å². The molecule has 1 fully saturated rings. The fourth-order valence-corrected chi connectivity index (χ4v) is 1.98. The summed E-state index contributed by atoms with van der Waals surface area (Å²) in [5, 5.41) is 0.588. The van der Waals surface area contributed by atoms with Gasteiger partial charge in [-0.05, 0) is 0 Å². The molecule has 68 valence electrons. The first-order chi connectivity index (χ1) is 5.73. The fraction of sp³-hybridized carbons (Fsp3) is 0.909. The van der Waals surface area contributed by atoms with E-state index in [2.05, 4.69) is 33.7 Å². The second kappa shape index (κ2) is 4.25. The Morgan fingerprint density at radius 2 is 2.17 bits per heavy atom. The number of unbranched alkanes of at least 4 members (excludes halogenated alkanes) is 1. The molecule has 0 bridgehead atoms. The molecule has 0 nitrogen and oxygen atoms in total. The van der Waals surface area contributed by atoms with E-state index in [1.54, 1.807) is 0 Å². The number of rotatable bonds is 5. The summed E-state index contributed by atoms with van der Waals surface area (Å²) in [6.45, 7) is 9.38. The molecule has 0 aromatic rings. The molecular formula is C11H21B. The molecule has 1 saturated carbocycles. The first-order valence-electron chi connectivity index (χ1n) is 5.40. The maximum absolute atomic E-state index is 2.46. The van der Waals surface area contributed by atoms with Crippen LogP contribution in [0.3, 0.4) is 0 Å². The Hall–Kier alpha value is -0.0651. The zero-order valence-electron chi connectivity index (χ0n) is 8.77. The van der Waals surface area contributed by atoms with Crippen LogP contribution in [-0.2, 0) is 0 Å². The number of hydrogen-bond donors (Lipinski definition) is 0. The minimum atomic E-state index is 0.588. The molecule has 0 heterocycles. The van der Waals surface area contributed by atoms with Gasteiger partial charge in [0.05, 0.1) is 0 Å². The molecule has 2 unspecified atom stereocenters. The molecule has 0 saturated heterocycles. The van der Waals surface area contributed by atoms with Crippen LogP contribution >= 0.6 is 0 Å². The van der Waals surface area contributed by atoms with Gasteiger partial charge < -0.3 is 0 Å². The van der Waals surface area contributed by atoms with E-state index in [9.17, 15) is 0 Å². The number of hydrogen-bond acceptors (Lipinski definition) is 0. The van der Waals surface area contributed by atoms with Crippen LogP contribution in [0.2, 0.25) is 5.31 Å². The topological polar surface area (TPSA) is 0 Å². The van der Waals surface area contributed by atoms with E-state index in [1.807, 2.05) is 0 Å². The van der Waals surface area contributed by atoms with Crippen LogP contribution < -0.4 is 0 Å². The summed E-state index contributed by atoms with van der Waals surface area (Å²) >= 11 is 0. The predicted molar refractivity (Wildman–Crippen MR) is 58.1 cm³/mol.